The van der Waals surface area contributed by atoms with Crippen molar-refractivity contribution in [3.05, 3.63) is 46.0 Å². The maximum atomic E-state index is 12.6. The standard InChI is InChI=1S/C17H20N6O3/c1-11-6-12(2)8-13(7-11)23-16-15(20-21-23)17(25)22(10-19-16)9-14(24)18-4-5-26-3/h6-8,10H,4-5,9H2,1-3H3,(H,18,24). The zero-order chi connectivity index (χ0) is 18.7. The second kappa shape index (κ2) is 7.44. The Labute approximate surface area is 149 Å². The van der Waals surface area contributed by atoms with E-state index in [4.69, 9.17) is 4.74 Å². The lowest BCUT2D eigenvalue weighted by atomic mass is 10.1. The van der Waals surface area contributed by atoms with Gasteiger partial charge in [0.2, 0.25) is 5.91 Å². The molecule has 136 valence electrons. The van der Waals surface area contributed by atoms with Gasteiger partial charge in [0, 0.05) is 13.7 Å². The van der Waals surface area contributed by atoms with Crippen molar-refractivity contribution in [1.29, 1.82) is 0 Å². The molecular weight excluding hydrogens is 336 g/mol. The van der Waals surface area contributed by atoms with E-state index >= 15 is 0 Å². The van der Waals surface area contributed by atoms with Crippen LogP contribution in [0, 0.1) is 13.8 Å². The Morgan fingerprint density at radius 2 is 1.96 bits per heavy atom. The predicted octanol–water partition coefficient (Wildman–Crippen LogP) is 0.357. The lowest BCUT2D eigenvalue weighted by Gasteiger charge is -2.07. The first-order chi connectivity index (χ1) is 12.5. The molecule has 0 radical (unpaired) electrons. The lowest BCUT2D eigenvalue weighted by molar-refractivity contribution is -0.121. The number of carbonyl (C=O) groups is 1. The van der Waals surface area contributed by atoms with Gasteiger partial charge in [0.05, 0.1) is 12.3 Å². The Kier molecular flexibility index (Phi) is 5.08. The van der Waals surface area contributed by atoms with Crippen LogP contribution in [0.15, 0.2) is 29.3 Å². The highest BCUT2D eigenvalue weighted by molar-refractivity contribution is 5.76. The zero-order valence-electron chi connectivity index (χ0n) is 14.9. The van der Waals surface area contributed by atoms with E-state index in [1.54, 1.807) is 7.11 Å². The summed E-state index contributed by atoms with van der Waals surface area (Å²) in [6.07, 6.45) is 1.34. The van der Waals surface area contributed by atoms with Crippen LogP contribution in [0.3, 0.4) is 0 Å². The number of fused-ring (bicyclic) bond motifs is 1. The molecule has 0 saturated heterocycles. The van der Waals surface area contributed by atoms with Crippen LogP contribution in [-0.2, 0) is 16.1 Å². The summed E-state index contributed by atoms with van der Waals surface area (Å²) in [6.45, 7) is 4.61. The van der Waals surface area contributed by atoms with Gasteiger partial charge in [-0.1, -0.05) is 11.3 Å². The number of amides is 1. The van der Waals surface area contributed by atoms with Crippen LogP contribution in [0.25, 0.3) is 16.9 Å². The van der Waals surface area contributed by atoms with Crippen LogP contribution in [0.4, 0.5) is 0 Å². The summed E-state index contributed by atoms with van der Waals surface area (Å²) in [6, 6.07) is 5.93. The summed E-state index contributed by atoms with van der Waals surface area (Å²) in [7, 11) is 1.55. The van der Waals surface area contributed by atoms with E-state index in [1.807, 2.05) is 32.0 Å². The summed E-state index contributed by atoms with van der Waals surface area (Å²) >= 11 is 0. The first-order valence-corrected chi connectivity index (χ1v) is 8.14. The second-order valence-electron chi connectivity index (χ2n) is 6.04. The van der Waals surface area contributed by atoms with Gasteiger partial charge in [0.25, 0.3) is 5.56 Å². The minimum atomic E-state index is -0.410. The third kappa shape index (κ3) is 3.62. The Morgan fingerprint density at radius 3 is 2.65 bits per heavy atom. The molecule has 1 N–H and O–H groups in total. The number of hydrogen-bond donors (Lipinski definition) is 1. The molecule has 2 heterocycles. The number of methoxy groups -OCH3 is 1. The molecule has 0 spiro atoms. The van der Waals surface area contributed by atoms with Gasteiger partial charge in [-0.25, -0.2) is 4.98 Å². The second-order valence-corrected chi connectivity index (χ2v) is 6.04. The molecule has 0 aliphatic heterocycles. The molecule has 0 atom stereocenters. The zero-order valence-corrected chi connectivity index (χ0v) is 14.9. The number of nitrogens with one attached hydrogen (secondary N) is 1. The van der Waals surface area contributed by atoms with Gasteiger partial charge < -0.3 is 10.1 Å². The third-order valence-corrected chi connectivity index (χ3v) is 3.82. The molecule has 1 amide bonds. The van der Waals surface area contributed by atoms with Crippen molar-refractivity contribution in [3.8, 4) is 5.69 Å². The fourth-order valence-electron chi connectivity index (χ4n) is 2.71. The minimum Gasteiger partial charge on any atom is -0.383 e. The van der Waals surface area contributed by atoms with Crippen molar-refractivity contribution in [2.24, 2.45) is 0 Å². The Balaban J connectivity index is 1.92. The van der Waals surface area contributed by atoms with Gasteiger partial charge in [-0.05, 0) is 37.1 Å². The van der Waals surface area contributed by atoms with Crippen LogP contribution >= 0.6 is 0 Å². The van der Waals surface area contributed by atoms with Crippen molar-refractivity contribution in [2.45, 2.75) is 20.4 Å². The summed E-state index contributed by atoms with van der Waals surface area (Å²) in [5, 5.41) is 10.7. The molecule has 0 fully saturated rings. The number of carbonyl (C=O) groups excluding carboxylic acids is 1. The number of benzene rings is 1. The Hall–Kier alpha value is -3.07. The van der Waals surface area contributed by atoms with Crippen molar-refractivity contribution < 1.29 is 9.53 Å². The normalized spacial score (nSPS) is 11.0. The van der Waals surface area contributed by atoms with Crippen LogP contribution in [0.1, 0.15) is 11.1 Å². The summed E-state index contributed by atoms with van der Waals surface area (Å²) in [5.74, 6) is -0.299. The van der Waals surface area contributed by atoms with Crippen molar-refractivity contribution >= 4 is 17.1 Å². The topological polar surface area (TPSA) is 104 Å². The van der Waals surface area contributed by atoms with Gasteiger partial charge in [-0.3, -0.25) is 14.2 Å². The van der Waals surface area contributed by atoms with E-state index < -0.39 is 5.56 Å². The quantitative estimate of drug-likeness (QED) is 0.640. The van der Waals surface area contributed by atoms with Crippen molar-refractivity contribution in [1.82, 2.24) is 29.9 Å². The van der Waals surface area contributed by atoms with Crippen LogP contribution in [0.5, 0.6) is 0 Å². The van der Waals surface area contributed by atoms with Gasteiger partial charge >= 0.3 is 0 Å². The molecule has 9 heteroatoms. The van der Waals surface area contributed by atoms with E-state index in [0.717, 1.165) is 16.8 Å². The van der Waals surface area contributed by atoms with Crippen LogP contribution in [0.2, 0.25) is 0 Å². The third-order valence-electron chi connectivity index (χ3n) is 3.82. The average molecular weight is 356 g/mol. The molecule has 3 aromatic rings. The average Bonchev–Trinajstić information content (AvgIpc) is 3.01. The van der Waals surface area contributed by atoms with E-state index in [9.17, 15) is 9.59 Å². The number of aromatic nitrogens is 5. The van der Waals surface area contributed by atoms with Crippen molar-refractivity contribution in [2.75, 3.05) is 20.3 Å². The molecule has 0 unspecified atom stereocenters. The number of aryl methyl sites for hydroxylation is 2. The monoisotopic (exact) mass is 356 g/mol. The first kappa shape index (κ1) is 17.7. The van der Waals surface area contributed by atoms with Gasteiger partial charge in [-0.2, -0.15) is 4.68 Å². The number of nitrogens with zero attached hydrogens (tertiary/aromatic N) is 5. The van der Waals surface area contributed by atoms with Crippen LogP contribution in [-0.4, -0.2) is 50.7 Å². The summed E-state index contributed by atoms with van der Waals surface area (Å²) < 4.78 is 7.61. The molecule has 0 aliphatic rings. The van der Waals surface area contributed by atoms with Gasteiger partial charge in [0.1, 0.15) is 12.9 Å². The van der Waals surface area contributed by atoms with Gasteiger partial charge in [-0.15, -0.1) is 5.10 Å². The minimum absolute atomic E-state index is 0.122. The molecule has 0 bridgehead atoms. The molecule has 9 nitrogen and oxygen atoms in total. The molecule has 3 rings (SSSR count). The lowest BCUT2D eigenvalue weighted by Crippen LogP contribution is -2.34. The summed E-state index contributed by atoms with van der Waals surface area (Å²) in [4.78, 5) is 28.7. The van der Waals surface area contributed by atoms with E-state index in [-0.39, 0.29) is 18.0 Å². The highest BCUT2D eigenvalue weighted by Crippen LogP contribution is 2.15. The van der Waals surface area contributed by atoms with Crippen LogP contribution < -0.4 is 10.9 Å². The molecule has 0 saturated carbocycles. The largest absolute Gasteiger partial charge is 0.383 e. The number of hydrogen-bond acceptors (Lipinski definition) is 6. The fourth-order valence-corrected chi connectivity index (χ4v) is 2.71. The Morgan fingerprint density at radius 1 is 1.23 bits per heavy atom. The van der Waals surface area contributed by atoms with E-state index in [1.165, 1.54) is 15.6 Å². The SMILES string of the molecule is COCCNC(=O)Cn1cnc2c(nnn2-c2cc(C)cc(C)c2)c1=O. The smallest absolute Gasteiger partial charge is 0.284 e. The fraction of sp³-hybridized carbons (Fsp3) is 0.353. The predicted molar refractivity (Wildman–Crippen MR) is 95.3 cm³/mol. The Bertz CT molecular complexity index is 987. The number of ether oxygens (including phenoxy) is 1. The van der Waals surface area contributed by atoms with Crippen molar-refractivity contribution in [3.63, 3.8) is 0 Å². The highest BCUT2D eigenvalue weighted by atomic mass is 16.5. The van der Waals surface area contributed by atoms with Gasteiger partial charge in [0.15, 0.2) is 11.2 Å². The molecule has 1 aromatic carbocycles. The van der Waals surface area contributed by atoms with E-state index in [0.29, 0.717) is 18.8 Å². The molecular formula is C17H20N6O3. The molecule has 26 heavy (non-hydrogen) atoms. The first-order valence-electron chi connectivity index (χ1n) is 8.14. The summed E-state index contributed by atoms with van der Waals surface area (Å²) in [5.41, 5.74) is 3.00. The maximum absolute atomic E-state index is 12.6. The molecule has 2 aromatic heterocycles. The maximum Gasteiger partial charge on any atom is 0.284 e. The van der Waals surface area contributed by atoms with E-state index in [2.05, 4.69) is 20.6 Å². The molecule has 0 aliphatic carbocycles. The highest BCUT2D eigenvalue weighted by Gasteiger charge is 2.15. The number of rotatable bonds is 6.